The first kappa shape index (κ1) is 15.8. The van der Waals surface area contributed by atoms with Crippen LogP contribution in [0.3, 0.4) is 0 Å². The third kappa shape index (κ3) is 2.77. The largest absolute Gasteiger partial charge is 0.332 e. The van der Waals surface area contributed by atoms with Gasteiger partial charge in [0.15, 0.2) is 0 Å². The van der Waals surface area contributed by atoms with Crippen LogP contribution in [0.5, 0.6) is 0 Å². The standard InChI is InChI=1S/C15H21N3O2S/c1-6-7-10-8-16-13-11(12(10)21-9(2)3)14(19)18(5)15(20)17(13)4/h8-9H,6-7H2,1-5H3. The van der Waals surface area contributed by atoms with Crippen LogP contribution in [-0.2, 0) is 20.5 Å². The highest BCUT2D eigenvalue weighted by Gasteiger charge is 2.18. The highest BCUT2D eigenvalue weighted by molar-refractivity contribution is 8.00. The third-order valence-electron chi connectivity index (χ3n) is 3.37. The summed E-state index contributed by atoms with van der Waals surface area (Å²) in [4.78, 5) is 29.9. The van der Waals surface area contributed by atoms with E-state index in [1.807, 2.05) is 0 Å². The molecular formula is C15H21N3O2S. The van der Waals surface area contributed by atoms with Gasteiger partial charge in [-0.15, -0.1) is 11.8 Å². The van der Waals surface area contributed by atoms with Gasteiger partial charge >= 0.3 is 5.69 Å². The van der Waals surface area contributed by atoms with Crippen molar-refractivity contribution in [1.82, 2.24) is 14.1 Å². The monoisotopic (exact) mass is 307 g/mol. The Labute approximate surface area is 128 Å². The van der Waals surface area contributed by atoms with Crippen molar-refractivity contribution in [1.29, 1.82) is 0 Å². The van der Waals surface area contributed by atoms with Crippen LogP contribution in [0.15, 0.2) is 20.7 Å². The number of pyridine rings is 1. The summed E-state index contributed by atoms with van der Waals surface area (Å²) in [5.74, 6) is 0. The molecule has 0 aliphatic carbocycles. The zero-order valence-electron chi connectivity index (χ0n) is 13.1. The van der Waals surface area contributed by atoms with Crippen LogP contribution in [0.2, 0.25) is 0 Å². The molecule has 0 atom stereocenters. The second kappa shape index (κ2) is 6.05. The van der Waals surface area contributed by atoms with Crippen LogP contribution in [0.4, 0.5) is 0 Å². The SMILES string of the molecule is CCCc1cnc2c(c1SC(C)C)c(=O)n(C)c(=O)n2C. The van der Waals surface area contributed by atoms with Crippen LogP contribution < -0.4 is 11.2 Å². The van der Waals surface area contributed by atoms with Crippen LogP contribution in [-0.4, -0.2) is 19.4 Å². The maximum atomic E-state index is 12.6. The lowest BCUT2D eigenvalue weighted by molar-refractivity contribution is 0.704. The average Bonchev–Trinajstić information content (AvgIpc) is 2.44. The number of nitrogens with zero attached hydrogens (tertiary/aromatic N) is 3. The van der Waals surface area contributed by atoms with Crippen molar-refractivity contribution in [3.05, 3.63) is 32.6 Å². The number of aryl methyl sites for hydroxylation is 2. The number of hydrogen-bond donors (Lipinski definition) is 0. The Kier molecular flexibility index (Phi) is 4.56. The Morgan fingerprint density at radius 1 is 1.24 bits per heavy atom. The molecule has 0 aromatic carbocycles. The summed E-state index contributed by atoms with van der Waals surface area (Å²) in [5, 5.41) is 0.914. The molecule has 2 heterocycles. The molecule has 2 aromatic rings. The summed E-state index contributed by atoms with van der Waals surface area (Å²) in [7, 11) is 3.17. The lowest BCUT2D eigenvalue weighted by atomic mass is 10.1. The normalized spacial score (nSPS) is 11.5. The maximum absolute atomic E-state index is 12.6. The molecule has 21 heavy (non-hydrogen) atoms. The molecule has 114 valence electrons. The van der Waals surface area contributed by atoms with E-state index in [9.17, 15) is 9.59 Å². The summed E-state index contributed by atoms with van der Waals surface area (Å²) in [6.45, 7) is 6.30. The van der Waals surface area contributed by atoms with Crippen molar-refractivity contribution in [3.8, 4) is 0 Å². The fraction of sp³-hybridized carbons (Fsp3) is 0.533. The van der Waals surface area contributed by atoms with Gasteiger partial charge in [-0.05, 0) is 12.0 Å². The van der Waals surface area contributed by atoms with E-state index >= 15 is 0 Å². The van der Waals surface area contributed by atoms with E-state index in [4.69, 9.17) is 0 Å². The van der Waals surface area contributed by atoms with Crippen LogP contribution >= 0.6 is 11.8 Å². The molecule has 0 unspecified atom stereocenters. The summed E-state index contributed by atoms with van der Waals surface area (Å²) in [6, 6.07) is 0. The molecule has 0 aliphatic heterocycles. The smallest absolute Gasteiger partial charge is 0.280 e. The molecule has 0 bridgehead atoms. The molecule has 0 N–H and O–H groups in total. The molecule has 5 nitrogen and oxygen atoms in total. The summed E-state index contributed by atoms with van der Waals surface area (Å²) in [5.41, 5.74) is 0.941. The zero-order chi connectivity index (χ0) is 15.7. The molecule has 0 fully saturated rings. The van der Waals surface area contributed by atoms with Crippen LogP contribution in [0.25, 0.3) is 11.0 Å². The number of aromatic nitrogens is 3. The minimum atomic E-state index is -0.344. The molecule has 0 saturated heterocycles. The lowest BCUT2D eigenvalue weighted by Gasteiger charge is -2.15. The lowest BCUT2D eigenvalue weighted by Crippen LogP contribution is -2.37. The number of rotatable bonds is 4. The van der Waals surface area contributed by atoms with Gasteiger partial charge in [-0.1, -0.05) is 27.2 Å². The minimum Gasteiger partial charge on any atom is -0.280 e. The maximum Gasteiger partial charge on any atom is 0.332 e. The quantitative estimate of drug-likeness (QED) is 0.812. The zero-order valence-corrected chi connectivity index (χ0v) is 14.0. The molecule has 6 heteroatoms. The number of hydrogen-bond acceptors (Lipinski definition) is 4. The van der Waals surface area contributed by atoms with Gasteiger partial charge in [0.2, 0.25) is 0 Å². The van der Waals surface area contributed by atoms with Gasteiger partial charge in [-0.2, -0.15) is 0 Å². The van der Waals surface area contributed by atoms with Crippen molar-refractivity contribution < 1.29 is 0 Å². The van der Waals surface area contributed by atoms with E-state index in [0.29, 0.717) is 16.3 Å². The number of thioether (sulfide) groups is 1. The fourth-order valence-electron chi connectivity index (χ4n) is 2.36. The fourth-order valence-corrected chi connectivity index (χ4v) is 3.43. The molecule has 2 aromatic heterocycles. The van der Waals surface area contributed by atoms with E-state index in [0.717, 1.165) is 27.9 Å². The van der Waals surface area contributed by atoms with Gasteiger partial charge < -0.3 is 0 Å². The second-order valence-electron chi connectivity index (χ2n) is 5.43. The Hall–Kier alpha value is -1.56. The molecule has 0 spiro atoms. The van der Waals surface area contributed by atoms with E-state index in [-0.39, 0.29) is 11.2 Å². The Balaban J connectivity index is 2.94. The molecule has 0 amide bonds. The Morgan fingerprint density at radius 2 is 1.90 bits per heavy atom. The highest BCUT2D eigenvalue weighted by Crippen LogP contribution is 2.31. The minimum absolute atomic E-state index is 0.262. The Morgan fingerprint density at radius 3 is 2.48 bits per heavy atom. The predicted molar refractivity (Wildman–Crippen MR) is 87.2 cm³/mol. The van der Waals surface area contributed by atoms with E-state index < -0.39 is 0 Å². The first-order chi connectivity index (χ1) is 9.88. The molecule has 0 saturated carbocycles. The van der Waals surface area contributed by atoms with Crippen molar-refractivity contribution in [2.45, 2.75) is 43.8 Å². The van der Waals surface area contributed by atoms with Crippen molar-refractivity contribution in [3.63, 3.8) is 0 Å². The van der Waals surface area contributed by atoms with Crippen molar-refractivity contribution in [2.75, 3.05) is 0 Å². The van der Waals surface area contributed by atoms with Gasteiger partial charge in [0.1, 0.15) is 5.65 Å². The second-order valence-corrected chi connectivity index (χ2v) is 7.02. The first-order valence-corrected chi connectivity index (χ1v) is 8.00. The molecular weight excluding hydrogens is 286 g/mol. The van der Waals surface area contributed by atoms with Gasteiger partial charge in [0, 0.05) is 30.4 Å². The van der Waals surface area contributed by atoms with E-state index in [1.165, 1.54) is 11.6 Å². The Bertz CT molecular complexity index is 790. The van der Waals surface area contributed by atoms with Gasteiger partial charge in [-0.3, -0.25) is 13.9 Å². The molecule has 2 rings (SSSR count). The summed E-state index contributed by atoms with van der Waals surface area (Å²) < 4.78 is 2.60. The van der Waals surface area contributed by atoms with Gasteiger partial charge in [0.25, 0.3) is 5.56 Å². The van der Waals surface area contributed by atoms with Crippen LogP contribution in [0, 0.1) is 0 Å². The third-order valence-corrected chi connectivity index (χ3v) is 4.54. The number of fused-ring (bicyclic) bond motifs is 1. The topological polar surface area (TPSA) is 56.9 Å². The van der Waals surface area contributed by atoms with Crippen LogP contribution in [0.1, 0.15) is 32.8 Å². The highest BCUT2D eigenvalue weighted by atomic mass is 32.2. The average molecular weight is 307 g/mol. The first-order valence-electron chi connectivity index (χ1n) is 7.12. The van der Waals surface area contributed by atoms with E-state index in [1.54, 1.807) is 25.0 Å². The van der Waals surface area contributed by atoms with Crippen molar-refractivity contribution >= 4 is 22.8 Å². The summed E-state index contributed by atoms with van der Waals surface area (Å²) in [6.07, 6.45) is 3.67. The predicted octanol–water partition coefficient (Wildman–Crippen LogP) is 2.09. The van der Waals surface area contributed by atoms with E-state index in [2.05, 4.69) is 25.8 Å². The molecule has 0 aliphatic rings. The molecule has 0 radical (unpaired) electrons. The van der Waals surface area contributed by atoms with Gasteiger partial charge in [-0.25, -0.2) is 9.78 Å². The van der Waals surface area contributed by atoms with Crippen molar-refractivity contribution in [2.24, 2.45) is 14.1 Å². The summed E-state index contributed by atoms with van der Waals surface area (Å²) >= 11 is 1.66. The van der Waals surface area contributed by atoms with Gasteiger partial charge in [0.05, 0.1) is 5.39 Å².